The lowest BCUT2D eigenvalue weighted by atomic mass is 10.2. The molecule has 0 atom stereocenters. The zero-order valence-corrected chi connectivity index (χ0v) is 9.13. The summed E-state index contributed by atoms with van der Waals surface area (Å²) in [6, 6.07) is 3.84. The van der Waals surface area contributed by atoms with Gasteiger partial charge < -0.3 is 0 Å². The van der Waals surface area contributed by atoms with Crippen LogP contribution in [0.5, 0.6) is 0 Å². The average Bonchev–Trinajstić information content (AvgIpc) is 2.47. The van der Waals surface area contributed by atoms with Gasteiger partial charge in [0.05, 0.1) is 4.88 Å². The predicted octanol–water partition coefficient (Wildman–Crippen LogP) is 4.74. The third kappa shape index (κ3) is 1.66. The number of hydrogen-bond acceptors (Lipinski definition) is 1. The highest BCUT2D eigenvalue weighted by atomic mass is 79.9. The Morgan fingerprint density at radius 1 is 1.21 bits per heavy atom. The van der Waals surface area contributed by atoms with Crippen molar-refractivity contribution < 1.29 is 13.2 Å². The van der Waals surface area contributed by atoms with Crippen molar-refractivity contribution in [3.8, 4) is 0 Å². The minimum absolute atomic E-state index is 0.0358. The molecule has 0 nitrogen and oxygen atoms in total. The summed E-state index contributed by atoms with van der Waals surface area (Å²) in [7, 11) is 0. The maximum atomic E-state index is 12.9. The number of thiophene rings is 1. The minimum Gasteiger partial charge on any atom is -0.207 e. The Labute approximate surface area is 90.5 Å². The Hall–Kier alpha value is -0.550. The molecule has 2 aromatic rings. The van der Waals surface area contributed by atoms with E-state index in [1.807, 2.05) is 0 Å². The summed E-state index contributed by atoms with van der Waals surface area (Å²) in [6.07, 6.45) is -2.50. The second kappa shape index (κ2) is 3.55. The molecule has 0 aliphatic heterocycles. The molecule has 0 aliphatic carbocycles. The number of alkyl halides is 2. The Bertz CT molecular complexity index is 478. The minimum atomic E-state index is -2.50. The molecular formula is C9H4BrF3S. The molecular weight excluding hydrogens is 277 g/mol. The Morgan fingerprint density at radius 3 is 2.57 bits per heavy atom. The van der Waals surface area contributed by atoms with Crippen molar-refractivity contribution >= 4 is 37.4 Å². The predicted molar refractivity (Wildman–Crippen MR) is 54.4 cm³/mol. The standard InChI is InChI=1S/C9H4BrF3S/c10-6-3-5(11)1-4-2-7(9(12)13)14-8(4)6/h1-3,9H. The van der Waals surface area contributed by atoms with Crippen LogP contribution >= 0.6 is 27.3 Å². The van der Waals surface area contributed by atoms with Gasteiger partial charge in [-0.1, -0.05) is 0 Å². The summed E-state index contributed by atoms with van der Waals surface area (Å²) in [5, 5.41) is 0.511. The van der Waals surface area contributed by atoms with E-state index in [1.54, 1.807) is 0 Å². The van der Waals surface area contributed by atoms with Gasteiger partial charge in [0, 0.05) is 9.17 Å². The average molecular weight is 281 g/mol. The lowest BCUT2D eigenvalue weighted by Crippen LogP contribution is -1.73. The first-order chi connectivity index (χ1) is 6.58. The van der Waals surface area contributed by atoms with E-state index in [2.05, 4.69) is 15.9 Å². The van der Waals surface area contributed by atoms with Crippen LogP contribution in [0.15, 0.2) is 22.7 Å². The van der Waals surface area contributed by atoms with Crippen LogP contribution in [0, 0.1) is 5.82 Å². The second-order valence-corrected chi connectivity index (χ2v) is 4.69. The van der Waals surface area contributed by atoms with Gasteiger partial charge in [0.2, 0.25) is 0 Å². The van der Waals surface area contributed by atoms with Crippen molar-refractivity contribution in [3.63, 3.8) is 0 Å². The third-order valence-electron chi connectivity index (χ3n) is 1.77. The summed E-state index contributed by atoms with van der Waals surface area (Å²) in [5.74, 6) is -0.428. The Morgan fingerprint density at radius 2 is 1.93 bits per heavy atom. The van der Waals surface area contributed by atoms with Crippen LogP contribution in [0.25, 0.3) is 10.1 Å². The van der Waals surface area contributed by atoms with Crippen molar-refractivity contribution in [1.82, 2.24) is 0 Å². The molecule has 0 spiro atoms. The van der Waals surface area contributed by atoms with E-state index in [0.29, 0.717) is 14.6 Å². The van der Waals surface area contributed by atoms with Gasteiger partial charge in [0.25, 0.3) is 6.43 Å². The molecule has 0 radical (unpaired) electrons. The summed E-state index contributed by atoms with van der Waals surface area (Å²) in [4.78, 5) is -0.0358. The zero-order chi connectivity index (χ0) is 10.3. The number of benzene rings is 1. The fourth-order valence-corrected chi connectivity index (χ4v) is 2.80. The van der Waals surface area contributed by atoms with Crippen LogP contribution in [-0.2, 0) is 0 Å². The highest BCUT2D eigenvalue weighted by Gasteiger charge is 2.13. The third-order valence-corrected chi connectivity index (χ3v) is 3.85. The summed E-state index contributed by atoms with van der Waals surface area (Å²) in [6.45, 7) is 0. The molecule has 0 saturated carbocycles. The van der Waals surface area contributed by atoms with Crippen molar-refractivity contribution in [2.75, 3.05) is 0 Å². The van der Waals surface area contributed by atoms with Gasteiger partial charge in [0.1, 0.15) is 5.82 Å². The van der Waals surface area contributed by atoms with Gasteiger partial charge >= 0.3 is 0 Å². The molecule has 0 saturated heterocycles. The van der Waals surface area contributed by atoms with Crippen molar-refractivity contribution in [2.24, 2.45) is 0 Å². The molecule has 1 aromatic heterocycles. The van der Waals surface area contributed by atoms with Crippen LogP contribution < -0.4 is 0 Å². The number of hydrogen-bond donors (Lipinski definition) is 0. The number of fused-ring (bicyclic) bond motifs is 1. The molecule has 1 aromatic carbocycles. The van der Waals surface area contributed by atoms with E-state index in [-0.39, 0.29) is 4.88 Å². The Kier molecular flexibility index (Phi) is 2.53. The van der Waals surface area contributed by atoms with Crippen LogP contribution in [0.2, 0.25) is 0 Å². The SMILES string of the molecule is Fc1cc(Br)c2sc(C(F)F)cc2c1. The lowest BCUT2D eigenvalue weighted by Gasteiger charge is -1.93. The van der Waals surface area contributed by atoms with Crippen LogP contribution in [-0.4, -0.2) is 0 Å². The molecule has 0 unspecified atom stereocenters. The van der Waals surface area contributed by atoms with Gasteiger partial charge in [0.15, 0.2) is 0 Å². The van der Waals surface area contributed by atoms with Crippen molar-refractivity contribution in [3.05, 3.63) is 33.4 Å². The van der Waals surface area contributed by atoms with E-state index >= 15 is 0 Å². The van der Waals surface area contributed by atoms with Gasteiger partial charge in [-0.15, -0.1) is 11.3 Å². The highest BCUT2D eigenvalue weighted by molar-refractivity contribution is 9.10. The van der Waals surface area contributed by atoms with Gasteiger partial charge in [-0.3, -0.25) is 0 Å². The molecule has 14 heavy (non-hydrogen) atoms. The molecule has 5 heteroatoms. The lowest BCUT2D eigenvalue weighted by molar-refractivity contribution is 0.156. The number of halogens is 4. The molecule has 2 rings (SSSR count). The molecule has 0 bridgehead atoms. The zero-order valence-electron chi connectivity index (χ0n) is 6.73. The molecule has 1 heterocycles. The van der Waals surface area contributed by atoms with Gasteiger partial charge in [-0.25, -0.2) is 13.2 Å². The van der Waals surface area contributed by atoms with Gasteiger partial charge in [-0.05, 0) is 39.5 Å². The number of rotatable bonds is 1. The fourth-order valence-electron chi connectivity index (χ4n) is 1.20. The van der Waals surface area contributed by atoms with E-state index < -0.39 is 12.2 Å². The summed E-state index contributed by atoms with van der Waals surface area (Å²) in [5.41, 5.74) is 0. The van der Waals surface area contributed by atoms with Crippen LogP contribution in [0.4, 0.5) is 13.2 Å². The molecule has 0 N–H and O–H groups in total. The topological polar surface area (TPSA) is 0 Å². The quantitative estimate of drug-likeness (QED) is 0.708. The van der Waals surface area contributed by atoms with Gasteiger partial charge in [-0.2, -0.15) is 0 Å². The van der Waals surface area contributed by atoms with Crippen molar-refractivity contribution in [2.45, 2.75) is 6.43 Å². The van der Waals surface area contributed by atoms with E-state index in [1.165, 1.54) is 18.2 Å². The first-order valence-electron chi connectivity index (χ1n) is 3.74. The highest BCUT2D eigenvalue weighted by Crippen LogP contribution is 2.36. The maximum absolute atomic E-state index is 12.9. The summed E-state index contributed by atoms with van der Waals surface area (Å²) < 4.78 is 38.7. The van der Waals surface area contributed by atoms with E-state index in [4.69, 9.17) is 0 Å². The largest absolute Gasteiger partial charge is 0.272 e. The summed E-state index contributed by atoms with van der Waals surface area (Å²) >= 11 is 4.11. The van der Waals surface area contributed by atoms with Crippen LogP contribution in [0.1, 0.15) is 11.3 Å². The Balaban J connectivity index is 2.70. The molecule has 0 aliphatic rings. The van der Waals surface area contributed by atoms with Crippen molar-refractivity contribution in [1.29, 1.82) is 0 Å². The molecule has 74 valence electrons. The molecule has 0 fully saturated rings. The first kappa shape index (κ1) is 9.98. The normalized spacial score (nSPS) is 11.5. The maximum Gasteiger partial charge on any atom is 0.272 e. The molecule has 0 amide bonds. The first-order valence-corrected chi connectivity index (χ1v) is 5.35. The second-order valence-electron chi connectivity index (χ2n) is 2.76. The monoisotopic (exact) mass is 280 g/mol. The van der Waals surface area contributed by atoms with E-state index in [9.17, 15) is 13.2 Å². The smallest absolute Gasteiger partial charge is 0.207 e. The van der Waals surface area contributed by atoms with Crippen LogP contribution in [0.3, 0.4) is 0 Å². The van der Waals surface area contributed by atoms with E-state index in [0.717, 1.165) is 11.3 Å². The fraction of sp³-hybridized carbons (Fsp3) is 0.111.